The lowest BCUT2D eigenvalue weighted by Gasteiger charge is -2.43. The lowest BCUT2D eigenvalue weighted by atomic mass is 10.2. The van der Waals surface area contributed by atoms with E-state index in [2.05, 4.69) is 93.1 Å². The molecule has 0 bridgehead atoms. The van der Waals surface area contributed by atoms with Crippen LogP contribution in [0.1, 0.15) is 11.4 Å². The third-order valence-corrected chi connectivity index (χ3v) is 12.2. The van der Waals surface area contributed by atoms with E-state index in [0.29, 0.717) is 0 Å². The Hall–Kier alpha value is -0.236. The zero-order valence-electron chi connectivity index (χ0n) is 16.6. The summed E-state index contributed by atoms with van der Waals surface area (Å²) in [5.74, 6) is 0.0505. The van der Waals surface area contributed by atoms with Crippen molar-refractivity contribution in [2.75, 3.05) is 27.2 Å². The molecule has 0 aromatic heterocycles. The Morgan fingerprint density at radius 3 is 1.88 bits per heavy atom. The normalized spacial score (nSPS) is 21.0. The summed E-state index contributed by atoms with van der Waals surface area (Å²) in [4.78, 5) is 0. The summed E-state index contributed by atoms with van der Waals surface area (Å²) in [6.45, 7) is 16.0. The van der Waals surface area contributed by atoms with Crippen LogP contribution in [0, 0.1) is 0 Å². The molecule has 1 atom stereocenters. The first-order chi connectivity index (χ1) is 11.0. The summed E-state index contributed by atoms with van der Waals surface area (Å²) in [6, 6.07) is 10.8. The van der Waals surface area contributed by atoms with E-state index in [-0.39, 0.29) is 5.85 Å². The van der Waals surface area contributed by atoms with Gasteiger partial charge in [-0.25, -0.2) is 0 Å². The molecular weight excluding hydrogens is 349 g/mol. The molecule has 0 radical (unpaired) electrons. The van der Waals surface area contributed by atoms with Crippen LogP contribution in [0.4, 0.5) is 0 Å². The molecule has 1 fully saturated rings. The number of hydrogen-bond donors (Lipinski definition) is 0. The molecule has 1 saturated heterocycles. The molecule has 1 aromatic rings. The molecule has 0 N–H and O–H groups in total. The first kappa shape index (κ1) is 20.1. The van der Waals surface area contributed by atoms with Gasteiger partial charge in [-0.15, -0.1) is 0 Å². The van der Waals surface area contributed by atoms with E-state index in [1.165, 1.54) is 5.56 Å². The second-order valence-corrected chi connectivity index (χ2v) is 21.3. The lowest BCUT2D eigenvalue weighted by Crippen LogP contribution is -2.33. The highest BCUT2D eigenvalue weighted by Gasteiger charge is 2.46. The molecule has 0 amide bonds. The number of hydrogen-bond acceptors (Lipinski definition) is 2. The molecule has 24 heavy (non-hydrogen) atoms. The minimum absolute atomic E-state index is 0.0505. The summed E-state index contributed by atoms with van der Waals surface area (Å²) in [6.07, 6.45) is 0. The van der Waals surface area contributed by atoms with Crippen LogP contribution in [0.2, 0.25) is 39.3 Å². The van der Waals surface area contributed by atoms with Crippen LogP contribution in [0.25, 0.3) is 0 Å². The summed E-state index contributed by atoms with van der Waals surface area (Å²) in [5.41, 5.74) is 1.27. The van der Waals surface area contributed by atoms with Crippen molar-refractivity contribution in [3.05, 3.63) is 35.9 Å². The van der Waals surface area contributed by atoms with E-state index in [1.807, 2.05) is 0 Å². The molecule has 4 nitrogen and oxygen atoms in total. The zero-order chi connectivity index (χ0) is 18.2. The summed E-state index contributed by atoms with van der Waals surface area (Å²) in [5, 5.41) is 0. The Morgan fingerprint density at radius 2 is 1.46 bits per heavy atom. The Kier molecular flexibility index (Phi) is 6.00. The molecule has 2 rings (SSSR count). The molecule has 1 unspecified atom stereocenters. The van der Waals surface area contributed by atoms with E-state index in [0.717, 1.165) is 13.1 Å². The van der Waals surface area contributed by atoms with E-state index >= 15 is 0 Å². The molecule has 1 aliphatic rings. The zero-order valence-corrected chi connectivity index (χ0v) is 19.5. The van der Waals surface area contributed by atoms with Crippen molar-refractivity contribution in [2.24, 2.45) is 4.41 Å². The minimum atomic E-state index is -1.91. The van der Waals surface area contributed by atoms with Crippen LogP contribution in [0.15, 0.2) is 34.7 Å². The van der Waals surface area contributed by atoms with Gasteiger partial charge in [-0.2, -0.15) is 0 Å². The molecule has 0 spiro atoms. The molecule has 136 valence electrons. The van der Waals surface area contributed by atoms with Crippen molar-refractivity contribution in [3.8, 4) is 0 Å². The lowest BCUT2D eigenvalue weighted by molar-refractivity contribution is 0.267. The first-order valence-corrected chi connectivity index (χ1v) is 17.3. The maximum atomic E-state index is 6.83. The van der Waals surface area contributed by atoms with Gasteiger partial charge in [0.2, 0.25) is 0 Å². The molecule has 1 heterocycles. The van der Waals surface area contributed by atoms with Crippen LogP contribution in [0.3, 0.4) is 0 Å². The van der Waals surface area contributed by atoms with Crippen molar-refractivity contribution < 1.29 is 4.43 Å². The third kappa shape index (κ3) is 4.48. The Balaban J connectivity index is 2.69. The summed E-state index contributed by atoms with van der Waals surface area (Å²) < 4.78 is 17.4. The molecule has 1 aromatic carbocycles. The van der Waals surface area contributed by atoms with E-state index < -0.39 is 23.9 Å². The maximum Gasteiger partial charge on any atom is 0.185 e. The fourth-order valence-electron chi connectivity index (χ4n) is 3.14. The van der Waals surface area contributed by atoms with Gasteiger partial charge in [0.15, 0.2) is 16.6 Å². The smallest absolute Gasteiger partial charge is 0.185 e. The van der Waals surface area contributed by atoms with Crippen LogP contribution in [-0.4, -0.2) is 53.1 Å². The van der Waals surface area contributed by atoms with Crippen molar-refractivity contribution in [1.29, 1.82) is 0 Å². The predicted octanol–water partition coefficient (Wildman–Crippen LogP) is 5.28. The fraction of sp³-hybridized carbons (Fsp3) is 0.647. The molecular formula is C17H34N3OPSi2. The monoisotopic (exact) mass is 383 g/mol. The van der Waals surface area contributed by atoms with Gasteiger partial charge in [-0.05, 0) is 58.9 Å². The molecule has 1 aliphatic heterocycles. The average molecular weight is 384 g/mol. The van der Waals surface area contributed by atoms with E-state index in [1.54, 1.807) is 0 Å². The summed E-state index contributed by atoms with van der Waals surface area (Å²) >= 11 is 0. The highest BCUT2D eigenvalue weighted by atomic mass is 31.2. The van der Waals surface area contributed by atoms with E-state index in [4.69, 9.17) is 8.84 Å². The van der Waals surface area contributed by atoms with Gasteiger partial charge in [0.25, 0.3) is 0 Å². The molecule has 0 saturated carbocycles. The Morgan fingerprint density at radius 1 is 0.958 bits per heavy atom. The fourth-order valence-corrected chi connectivity index (χ4v) is 13.2. The largest absolute Gasteiger partial charge is 0.403 e. The van der Waals surface area contributed by atoms with Crippen LogP contribution >= 0.6 is 7.36 Å². The SMILES string of the molecule is CN1CCN(C)P1(=N[Si](C)(C)C)C(O[Si](C)(C)C)c1ccccc1. The first-order valence-electron chi connectivity index (χ1n) is 8.75. The van der Waals surface area contributed by atoms with Crippen molar-refractivity contribution in [3.63, 3.8) is 0 Å². The maximum absolute atomic E-state index is 6.83. The van der Waals surface area contributed by atoms with Gasteiger partial charge in [0.1, 0.15) is 13.2 Å². The van der Waals surface area contributed by atoms with Gasteiger partial charge in [0.05, 0.1) is 0 Å². The molecule has 0 aliphatic carbocycles. The standard InChI is InChI=1S/C17H34N3OPSi2/c1-19-14-15-20(2)22(19,18-23(3,4)5)17(21-24(6,7)8)16-12-10-9-11-13-16/h9-13,17H,14-15H2,1-8H3. The van der Waals surface area contributed by atoms with Crippen LogP contribution in [-0.2, 0) is 4.43 Å². The number of rotatable bonds is 5. The van der Waals surface area contributed by atoms with Crippen LogP contribution < -0.4 is 0 Å². The van der Waals surface area contributed by atoms with Gasteiger partial charge in [-0.3, -0.25) is 9.34 Å². The van der Waals surface area contributed by atoms with Crippen molar-refractivity contribution >= 4 is 23.9 Å². The highest BCUT2D eigenvalue weighted by Crippen LogP contribution is 2.69. The highest BCUT2D eigenvalue weighted by molar-refractivity contribution is 7.63. The number of nitrogens with zero attached hydrogens (tertiary/aromatic N) is 3. The second-order valence-electron chi connectivity index (χ2n) is 8.64. The van der Waals surface area contributed by atoms with Crippen molar-refractivity contribution in [1.82, 2.24) is 9.34 Å². The minimum Gasteiger partial charge on any atom is -0.403 e. The third-order valence-electron chi connectivity index (χ3n) is 4.06. The summed E-state index contributed by atoms with van der Waals surface area (Å²) in [7, 11) is -0.777. The average Bonchev–Trinajstić information content (AvgIpc) is 2.72. The van der Waals surface area contributed by atoms with E-state index in [9.17, 15) is 0 Å². The quantitative estimate of drug-likeness (QED) is 0.511. The van der Waals surface area contributed by atoms with Gasteiger partial charge >= 0.3 is 0 Å². The number of likely N-dealkylation sites (N-methyl/N-ethyl adjacent to an activating group) is 2. The second kappa shape index (κ2) is 7.18. The van der Waals surface area contributed by atoms with Gasteiger partial charge < -0.3 is 8.84 Å². The van der Waals surface area contributed by atoms with Gasteiger partial charge in [-0.1, -0.05) is 30.3 Å². The van der Waals surface area contributed by atoms with Gasteiger partial charge in [0, 0.05) is 13.1 Å². The van der Waals surface area contributed by atoms with Crippen molar-refractivity contribution in [2.45, 2.75) is 45.1 Å². The predicted molar refractivity (Wildman–Crippen MR) is 112 cm³/mol. The Bertz CT molecular complexity index is 597. The van der Waals surface area contributed by atoms with Crippen LogP contribution in [0.5, 0.6) is 0 Å². The topological polar surface area (TPSA) is 28.1 Å². The number of benzene rings is 1. The Labute approximate surface area is 150 Å². The molecule has 7 heteroatoms.